The number of hydrogen-bond acceptors (Lipinski definition) is 6. The second-order valence-electron chi connectivity index (χ2n) is 4.57. The largest absolute Gasteiger partial charge is 0.478 e. The Kier molecular flexibility index (Phi) is 3.83. The van der Waals surface area contributed by atoms with Crippen LogP contribution in [0.25, 0.3) is 0 Å². The number of benzene rings is 1. The van der Waals surface area contributed by atoms with E-state index in [4.69, 9.17) is 5.11 Å². The number of hydrogen-bond donors (Lipinski definition) is 1. The predicted octanol–water partition coefficient (Wildman–Crippen LogP) is 0.698. The van der Waals surface area contributed by atoms with Crippen LogP contribution in [0.15, 0.2) is 18.2 Å². The summed E-state index contributed by atoms with van der Waals surface area (Å²) >= 11 is 0. The van der Waals surface area contributed by atoms with Crippen LogP contribution in [0.5, 0.6) is 0 Å². The number of carboxylic acids is 1. The Labute approximate surface area is 123 Å². The van der Waals surface area contributed by atoms with Gasteiger partial charge in [0.05, 0.1) is 10.5 Å². The number of nitrogens with zero attached hydrogens (tertiary/aromatic N) is 2. The van der Waals surface area contributed by atoms with Gasteiger partial charge in [0.25, 0.3) is 5.69 Å². The monoisotopic (exact) mass is 332 g/mol. The molecule has 1 aliphatic heterocycles. The first-order valence-corrected chi connectivity index (χ1v) is 7.31. The zero-order valence-corrected chi connectivity index (χ0v) is 11.6. The van der Waals surface area contributed by atoms with E-state index >= 15 is 0 Å². The summed E-state index contributed by atoms with van der Waals surface area (Å²) in [4.78, 5) is 33.5. The molecule has 1 N–H and O–H groups in total. The summed E-state index contributed by atoms with van der Waals surface area (Å²) in [5.74, 6) is -2.19. The second kappa shape index (κ2) is 5.33. The topological polar surface area (TPSA) is 135 Å². The van der Waals surface area contributed by atoms with Crippen molar-refractivity contribution in [3.8, 4) is 0 Å². The van der Waals surface area contributed by atoms with Gasteiger partial charge in [-0.05, 0) is 12.1 Å². The fourth-order valence-electron chi connectivity index (χ4n) is 2.13. The number of rotatable bonds is 4. The van der Waals surface area contributed by atoms with Crippen LogP contribution >= 0.6 is 0 Å². The maximum Gasteiger partial charge on any atom is 0.335 e. The van der Waals surface area contributed by atoms with Crippen molar-refractivity contribution in [3.05, 3.63) is 33.9 Å². The van der Waals surface area contributed by atoms with E-state index < -0.39 is 50.9 Å². The van der Waals surface area contributed by atoms with E-state index in [1.54, 1.807) is 0 Å². The molecule has 1 aliphatic rings. The standard InChI is InChI=1S/C11H9FN2O7S/c12-22(20,21)7-4-10(15)13(5-7)8-2-1-6(11(16)17)3-9(8)14(18)19/h1-3,7H,4-5H2,(H,16,17). The SMILES string of the molecule is O=C(O)c1ccc(N2CC(S(=O)(=O)F)CC2=O)c([N+](=O)[O-])c1. The van der Waals surface area contributed by atoms with Gasteiger partial charge in [0.2, 0.25) is 5.91 Å². The number of nitro groups is 1. The van der Waals surface area contributed by atoms with Crippen LogP contribution < -0.4 is 4.90 Å². The molecule has 0 bridgehead atoms. The van der Waals surface area contributed by atoms with Crippen LogP contribution in [0.3, 0.4) is 0 Å². The fraction of sp³-hybridized carbons (Fsp3) is 0.273. The maximum atomic E-state index is 13.0. The van der Waals surface area contributed by atoms with E-state index in [0.29, 0.717) is 0 Å². The Morgan fingerprint density at radius 2 is 2.09 bits per heavy atom. The second-order valence-corrected chi connectivity index (χ2v) is 6.19. The van der Waals surface area contributed by atoms with Gasteiger partial charge in [0, 0.05) is 19.0 Å². The summed E-state index contributed by atoms with van der Waals surface area (Å²) in [5, 5.41) is 18.2. The Balaban J connectivity index is 2.47. The predicted molar refractivity (Wildman–Crippen MR) is 70.8 cm³/mol. The van der Waals surface area contributed by atoms with E-state index in [1.165, 1.54) is 0 Å². The molecule has 0 radical (unpaired) electrons. The fourth-order valence-corrected chi connectivity index (χ4v) is 2.80. The van der Waals surface area contributed by atoms with Crippen molar-refractivity contribution >= 4 is 33.5 Å². The first-order chi connectivity index (χ1) is 10.1. The summed E-state index contributed by atoms with van der Waals surface area (Å²) < 4.78 is 34.7. The van der Waals surface area contributed by atoms with Crippen molar-refractivity contribution in [2.75, 3.05) is 11.4 Å². The number of nitro benzene ring substituents is 1. The molecule has 2 rings (SSSR count). The molecule has 118 valence electrons. The normalized spacial score (nSPS) is 18.5. The Morgan fingerprint density at radius 3 is 2.55 bits per heavy atom. The van der Waals surface area contributed by atoms with Crippen molar-refractivity contribution in [1.29, 1.82) is 0 Å². The Hall–Kier alpha value is -2.56. The van der Waals surface area contributed by atoms with E-state index in [0.717, 1.165) is 23.1 Å². The smallest absolute Gasteiger partial charge is 0.335 e. The molecule has 22 heavy (non-hydrogen) atoms. The first-order valence-electron chi connectivity index (χ1n) is 5.87. The third-order valence-corrected chi connectivity index (χ3v) is 4.31. The molecule has 11 heteroatoms. The lowest BCUT2D eigenvalue weighted by Crippen LogP contribution is -2.27. The molecule has 9 nitrogen and oxygen atoms in total. The van der Waals surface area contributed by atoms with Crippen LogP contribution in [0.4, 0.5) is 15.3 Å². The van der Waals surface area contributed by atoms with Crippen LogP contribution in [-0.2, 0) is 15.0 Å². The Morgan fingerprint density at radius 1 is 1.45 bits per heavy atom. The first kappa shape index (κ1) is 15.8. The van der Waals surface area contributed by atoms with Crippen molar-refractivity contribution in [3.63, 3.8) is 0 Å². The minimum absolute atomic E-state index is 0.272. The molecular weight excluding hydrogens is 323 g/mol. The Bertz CT molecular complexity index is 777. The molecule has 1 amide bonds. The van der Waals surface area contributed by atoms with Crippen LogP contribution in [-0.4, -0.2) is 42.1 Å². The lowest BCUT2D eigenvalue weighted by molar-refractivity contribution is -0.384. The highest BCUT2D eigenvalue weighted by Crippen LogP contribution is 2.33. The molecule has 1 saturated heterocycles. The number of carbonyl (C=O) groups excluding carboxylic acids is 1. The summed E-state index contributed by atoms with van der Waals surface area (Å²) in [6.45, 7) is -0.565. The van der Waals surface area contributed by atoms with Gasteiger partial charge >= 0.3 is 16.2 Å². The molecule has 1 heterocycles. The van der Waals surface area contributed by atoms with E-state index in [2.05, 4.69) is 0 Å². The van der Waals surface area contributed by atoms with E-state index in [9.17, 15) is 32.0 Å². The summed E-state index contributed by atoms with van der Waals surface area (Å²) in [5.41, 5.74) is -1.31. The lowest BCUT2D eigenvalue weighted by atomic mass is 10.1. The molecule has 1 unspecified atom stereocenters. The summed E-state index contributed by atoms with van der Waals surface area (Å²) in [6.07, 6.45) is -0.628. The third-order valence-electron chi connectivity index (χ3n) is 3.20. The van der Waals surface area contributed by atoms with Crippen molar-refractivity contribution in [1.82, 2.24) is 0 Å². The van der Waals surface area contributed by atoms with Gasteiger partial charge in [-0.3, -0.25) is 14.9 Å². The minimum Gasteiger partial charge on any atom is -0.478 e. The molecule has 1 fully saturated rings. The lowest BCUT2D eigenvalue weighted by Gasteiger charge is -2.16. The van der Waals surface area contributed by atoms with Crippen molar-refractivity contribution < 1.29 is 31.9 Å². The molecular formula is C11H9FN2O7S. The highest BCUT2D eigenvalue weighted by Gasteiger charge is 2.41. The number of anilines is 1. The average Bonchev–Trinajstić information content (AvgIpc) is 2.79. The molecule has 1 aromatic carbocycles. The zero-order chi connectivity index (χ0) is 16.7. The van der Waals surface area contributed by atoms with Gasteiger partial charge in [-0.2, -0.15) is 8.42 Å². The van der Waals surface area contributed by atoms with Crippen molar-refractivity contribution in [2.45, 2.75) is 11.7 Å². The average molecular weight is 332 g/mol. The quantitative estimate of drug-likeness (QED) is 0.487. The zero-order valence-electron chi connectivity index (χ0n) is 10.8. The molecule has 1 atom stereocenters. The summed E-state index contributed by atoms with van der Waals surface area (Å²) in [7, 11) is -4.96. The van der Waals surface area contributed by atoms with Gasteiger partial charge in [-0.1, -0.05) is 0 Å². The molecule has 0 aromatic heterocycles. The molecule has 1 aromatic rings. The van der Waals surface area contributed by atoms with Gasteiger partial charge in [-0.15, -0.1) is 3.89 Å². The van der Waals surface area contributed by atoms with Gasteiger partial charge in [0.15, 0.2) is 0 Å². The van der Waals surface area contributed by atoms with Gasteiger partial charge in [0.1, 0.15) is 10.9 Å². The molecule has 0 aliphatic carbocycles. The number of carbonyl (C=O) groups is 2. The molecule has 0 spiro atoms. The van der Waals surface area contributed by atoms with Crippen LogP contribution in [0, 0.1) is 10.1 Å². The number of carboxylic acid groups (broad SMARTS) is 1. The van der Waals surface area contributed by atoms with Crippen molar-refractivity contribution in [2.24, 2.45) is 0 Å². The maximum absolute atomic E-state index is 13.0. The van der Waals surface area contributed by atoms with Gasteiger partial charge in [-0.25, -0.2) is 4.79 Å². The number of amides is 1. The van der Waals surface area contributed by atoms with Crippen LogP contribution in [0.2, 0.25) is 0 Å². The van der Waals surface area contributed by atoms with Gasteiger partial charge < -0.3 is 10.0 Å². The van der Waals surface area contributed by atoms with Crippen LogP contribution in [0.1, 0.15) is 16.8 Å². The highest BCUT2D eigenvalue weighted by molar-refractivity contribution is 7.87. The highest BCUT2D eigenvalue weighted by atomic mass is 32.3. The minimum atomic E-state index is -4.96. The van der Waals surface area contributed by atoms with E-state index in [1.807, 2.05) is 0 Å². The number of halogens is 1. The third kappa shape index (κ3) is 2.88. The number of aromatic carboxylic acids is 1. The molecule has 0 saturated carbocycles. The van der Waals surface area contributed by atoms with E-state index in [-0.39, 0.29) is 11.3 Å². The summed E-state index contributed by atoms with van der Waals surface area (Å²) in [6, 6.07) is 2.81.